The second kappa shape index (κ2) is 4.68. The van der Waals surface area contributed by atoms with Gasteiger partial charge in [-0.1, -0.05) is 20.3 Å². The minimum Gasteiger partial charge on any atom is -0.395 e. The van der Waals surface area contributed by atoms with Crippen LogP contribution < -0.4 is 0 Å². The molecular weight excluding hydrogens is 136 g/mol. The summed E-state index contributed by atoms with van der Waals surface area (Å²) in [6.45, 7) is 4.04. The van der Waals surface area contributed by atoms with Crippen LogP contribution in [0.4, 0.5) is 0 Å². The normalized spacial score (nSPS) is 12.8. The van der Waals surface area contributed by atoms with Gasteiger partial charge in [-0.15, -0.1) is 0 Å². The third-order valence-corrected chi connectivity index (χ3v) is 1.52. The van der Waals surface area contributed by atoms with Crippen LogP contribution in [0.25, 0.3) is 0 Å². The molecular formula is C6H12O2S. The highest BCUT2D eigenvalue weighted by Gasteiger charge is 2.05. The van der Waals surface area contributed by atoms with E-state index in [0.717, 1.165) is 6.42 Å². The fourth-order valence-corrected chi connectivity index (χ4v) is 0.541. The molecule has 0 aliphatic rings. The summed E-state index contributed by atoms with van der Waals surface area (Å²) in [6, 6.07) is 0. The summed E-state index contributed by atoms with van der Waals surface area (Å²) in [6.07, 6.45) is 1.48. The van der Waals surface area contributed by atoms with Crippen molar-refractivity contribution < 1.29 is 8.98 Å². The molecule has 54 valence electrons. The number of thiol groups is 1. The van der Waals surface area contributed by atoms with Crippen molar-refractivity contribution in [2.75, 3.05) is 0 Å². The van der Waals surface area contributed by atoms with Gasteiger partial charge in [0.15, 0.2) is 0 Å². The zero-order valence-corrected chi connectivity index (χ0v) is 6.65. The average molecular weight is 148 g/mol. The molecule has 0 aromatic carbocycles. The first-order valence-electron chi connectivity index (χ1n) is 3.05. The first-order valence-corrected chi connectivity index (χ1v) is 3.41. The smallest absolute Gasteiger partial charge is 0.317 e. The molecule has 0 rings (SSSR count). The van der Waals surface area contributed by atoms with Crippen molar-refractivity contribution in [3.05, 3.63) is 0 Å². The summed E-state index contributed by atoms with van der Waals surface area (Å²) < 4.78 is 4.18. The lowest BCUT2D eigenvalue weighted by molar-refractivity contribution is -0.133. The maximum absolute atomic E-state index is 10.5. The number of carbonyl (C=O) groups excluding carboxylic acids is 1. The Morgan fingerprint density at radius 3 is 2.67 bits per heavy atom. The predicted octanol–water partition coefficient (Wildman–Crippen LogP) is 1.81. The Morgan fingerprint density at radius 2 is 2.33 bits per heavy atom. The maximum Gasteiger partial charge on any atom is 0.317 e. The molecule has 0 fully saturated rings. The zero-order valence-electron chi connectivity index (χ0n) is 5.76. The van der Waals surface area contributed by atoms with Gasteiger partial charge in [0.25, 0.3) is 0 Å². The summed E-state index contributed by atoms with van der Waals surface area (Å²) in [4.78, 5) is 10.5. The Bertz CT molecular complexity index is 93.1. The summed E-state index contributed by atoms with van der Waals surface area (Å²) in [7, 11) is 0. The standard InChI is InChI=1S/C6H12O2S/c1-3-5(2)4-6(7)8-9/h5,9H,3-4H2,1-2H3. The van der Waals surface area contributed by atoms with Gasteiger partial charge in [-0.3, -0.25) is 4.79 Å². The molecule has 0 saturated carbocycles. The molecule has 2 nitrogen and oxygen atoms in total. The van der Waals surface area contributed by atoms with Crippen LogP contribution in [-0.2, 0) is 8.98 Å². The first-order chi connectivity index (χ1) is 4.20. The van der Waals surface area contributed by atoms with Crippen LogP contribution >= 0.6 is 12.9 Å². The third-order valence-electron chi connectivity index (χ3n) is 1.31. The summed E-state index contributed by atoms with van der Waals surface area (Å²) in [5.41, 5.74) is 0. The SMILES string of the molecule is CCC(C)CC(=O)OS. The number of hydrogen-bond donors (Lipinski definition) is 1. The van der Waals surface area contributed by atoms with Crippen LogP contribution in [-0.4, -0.2) is 5.97 Å². The minimum absolute atomic E-state index is 0.243. The molecule has 0 aromatic rings. The van der Waals surface area contributed by atoms with E-state index in [1.54, 1.807) is 0 Å². The van der Waals surface area contributed by atoms with E-state index in [1.165, 1.54) is 0 Å². The Kier molecular flexibility index (Phi) is 4.58. The van der Waals surface area contributed by atoms with E-state index in [9.17, 15) is 4.79 Å². The number of hydrogen-bond acceptors (Lipinski definition) is 3. The molecule has 0 saturated heterocycles. The van der Waals surface area contributed by atoms with Crippen molar-refractivity contribution in [2.45, 2.75) is 26.7 Å². The van der Waals surface area contributed by atoms with Gasteiger partial charge in [-0.25, -0.2) is 0 Å². The molecule has 0 bridgehead atoms. The molecule has 0 aliphatic heterocycles. The van der Waals surface area contributed by atoms with E-state index in [-0.39, 0.29) is 5.97 Å². The Morgan fingerprint density at radius 1 is 1.78 bits per heavy atom. The Hall–Kier alpha value is -0.180. The van der Waals surface area contributed by atoms with Gasteiger partial charge in [0.05, 0.1) is 0 Å². The minimum atomic E-state index is -0.243. The van der Waals surface area contributed by atoms with Gasteiger partial charge in [0, 0.05) is 19.3 Å². The predicted molar refractivity (Wildman–Crippen MR) is 39.2 cm³/mol. The van der Waals surface area contributed by atoms with Gasteiger partial charge in [0.1, 0.15) is 0 Å². The molecule has 9 heavy (non-hydrogen) atoms. The number of carbonyl (C=O) groups is 1. The van der Waals surface area contributed by atoms with Crippen LogP contribution in [0, 0.1) is 5.92 Å². The van der Waals surface area contributed by atoms with Crippen LogP contribution in [0.3, 0.4) is 0 Å². The van der Waals surface area contributed by atoms with Crippen molar-refractivity contribution in [2.24, 2.45) is 5.92 Å². The Balaban J connectivity index is 3.34. The summed E-state index contributed by atoms with van der Waals surface area (Å²) in [5.74, 6) is 0.164. The molecule has 3 heteroatoms. The van der Waals surface area contributed by atoms with Crippen molar-refractivity contribution in [3.63, 3.8) is 0 Å². The van der Waals surface area contributed by atoms with E-state index in [4.69, 9.17) is 0 Å². The molecule has 0 aromatic heterocycles. The van der Waals surface area contributed by atoms with Crippen molar-refractivity contribution in [1.29, 1.82) is 0 Å². The molecule has 0 radical (unpaired) electrons. The monoisotopic (exact) mass is 148 g/mol. The highest BCUT2D eigenvalue weighted by molar-refractivity contribution is 7.75. The lowest BCUT2D eigenvalue weighted by Gasteiger charge is -2.03. The van der Waals surface area contributed by atoms with Crippen molar-refractivity contribution >= 4 is 18.9 Å². The van der Waals surface area contributed by atoms with Crippen LogP contribution in [0.15, 0.2) is 0 Å². The van der Waals surface area contributed by atoms with Crippen LogP contribution in [0.5, 0.6) is 0 Å². The van der Waals surface area contributed by atoms with E-state index in [0.29, 0.717) is 12.3 Å². The van der Waals surface area contributed by atoms with Crippen molar-refractivity contribution in [3.8, 4) is 0 Å². The number of rotatable bonds is 3. The average Bonchev–Trinajstić information content (AvgIpc) is 1.87. The van der Waals surface area contributed by atoms with E-state index in [1.807, 2.05) is 13.8 Å². The second-order valence-electron chi connectivity index (χ2n) is 2.18. The van der Waals surface area contributed by atoms with Crippen LogP contribution in [0.2, 0.25) is 0 Å². The largest absolute Gasteiger partial charge is 0.395 e. The zero-order chi connectivity index (χ0) is 7.28. The summed E-state index contributed by atoms with van der Waals surface area (Å²) >= 11 is 3.38. The van der Waals surface area contributed by atoms with E-state index < -0.39 is 0 Å². The van der Waals surface area contributed by atoms with Crippen molar-refractivity contribution in [1.82, 2.24) is 0 Å². The lowest BCUT2D eigenvalue weighted by atomic mass is 10.1. The molecule has 0 N–H and O–H groups in total. The van der Waals surface area contributed by atoms with Crippen LogP contribution in [0.1, 0.15) is 26.7 Å². The lowest BCUT2D eigenvalue weighted by Crippen LogP contribution is -2.03. The van der Waals surface area contributed by atoms with Gasteiger partial charge in [-0.2, -0.15) is 0 Å². The quantitative estimate of drug-likeness (QED) is 0.488. The van der Waals surface area contributed by atoms with Gasteiger partial charge < -0.3 is 4.18 Å². The molecule has 0 amide bonds. The molecule has 1 atom stereocenters. The van der Waals surface area contributed by atoms with E-state index >= 15 is 0 Å². The topological polar surface area (TPSA) is 26.3 Å². The molecule has 0 aliphatic carbocycles. The Labute approximate surface area is 61.2 Å². The van der Waals surface area contributed by atoms with Gasteiger partial charge in [0.2, 0.25) is 0 Å². The highest BCUT2D eigenvalue weighted by atomic mass is 32.1. The second-order valence-corrected chi connectivity index (χ2v) is 2.36. The summed E-state index contributed by atoms with van der Waals surface area (Å²) in [5, 5.41) is 0. The van der Waals surface area contributed by atoms with Gasteiger partial charge in [-0.05, 0) is 5.92 Å². The molecule has 0 spiro atoms. The maximum atomic E-state index is 10.5. The van der Waals surface area contributed by atoms with E-state index in [2.05, 4.69) is 17.1 Å². The third kappa shape index (κ3) is 4.33. The first kappa shape index (κ1) is 8.82. The highest BCUT2D eigenvalue weighted by Crippen LogP contribution is 2.07. The fraction of sp³-hybridized carbons (Fsp3) is 0.833. The fourth-order valence-electron chi connectivity index (χ4n) is 0.466. The van der Waals surface area contributed by atoms with Gasteiger partial charge >= 0.3 is 5.97 Å². The molecule has 0 heterocycles. The molecule has 1 unspecified atom stereocenters.